The van der Waals surface area contributed by atoms with Gasteiger partial charge in [-0.3, -0.25) is 0 Å². The molecule has 1 aliphatic rings. The molecule has 1 amide bonds. The van der Waals surface area contributed by atoms with E-state index in [1.807, 2.05) is 31.9 Å². The third-order valence-corrected chi connectivity index (χ3v) is 4.75. The molecular weight excluding hydrogens is 374 g/mol. The predicted octanol–water partition coefficient (Wildman–Crippen LogP) is 4.66. The summed E-state index contributed by atoms with van der Waals surface area (Å²) in [7, 11) is 0. The van der Waals surface area contributed by atoms with E-state index < -0.39 is 5.60 Å². The number of ether oxygens (including phenoxy) is 2. The number of hydrogen-bond donors (Lipinski definition) is 0. The smallest absolute Gasteiger partial charge is 0.410 e. The molecule has 0 spiro atoms. The maximum Gasteiger partial charge on any atom is 0.410 e. The van der Waals surface area contributed by atoms with Crippen molar-refractivity contribution >= 4 is 29.5 Å². The number of piperidine rings is 1. The van der Waals surface area contributed by atoms with Gasteiger partial charge in [-0.15, -0.1) is 0 Å². The summed E-state index contributed by atoms with van der Waals surface area (Å²) in [5.41, 5.74) is -0.452. The number of carbonyl (C=O) groups is 1. The zero-order valence-corrected chi connectivity index (χ0v) is 17.5. The number of halogens is 1. The Labute approximate surface area is 165 Å². The number of hydrogen-bond acceptors (Lipinski definition) is 6. The standard InChI is InChI=1S/C18H28ClN3O3S/c1-18(2,3)25-17(23)22-9-5-7-13(12-22)8-6-10-24-15-11-14(19)20-16(21-15)26-4/h11,13H,5-10,12H2,1-4H3. The highest BCUT2D eigenvalue weighted by atomic mass is 35.5. The van der Waals surface area contributed by atoms with Crippen molar-refractivity contribution in [1.82, 2.24) is 14.9 Å². The minimum absolute atomic E-state index is 0.210. The van der Waals surface area contributed by atoms with E-state index in [0.717, 1.165) is 38.8 Å². The van der Waals surface area contributed by atoms with Crippen LogP contribution < -0.4 is 4.74 Å². The van der Waals surface area contributed by atoms with Crippen molar-refractivity contribution in [3.63, 3.8) is 0 Å². The average molecular weight is 402 g/mol. The molecule has 1 aliphatic heterocycles. The molecule has 2 rings (SSSR count). The lowest BCUT2D eigenvalue weighted by Gasteiger charge is -2.34. The molecule has 1 unspecified atom stereocenters. The number of likely N-dealkylation sites (tertiary alicyclic amines) is 1. The van der Waals surface area contributed by atoms with E-state index in [1.165, 1.54) is 11.8 Å². The quantitative estimate of drug-likeness (QED) is 0.299. The Morgan fingerprint density at radius 2 is 2.19 bits per heavy atom. The van der Waals surface area contributed by atoms with Crippen LogP contribution in [0.15, 0.2) is 11.2 Å². The highest BCUT2D eigenvalue weighted by Gasteiger charge is 2.27. The summed E-state index contributed by atoms with van der Waals surface area (Å²) < 4.78 is 11.2. The summed E-state index contributed by atoms with van der Waals surface area (Å²) >= 11 is 7.39. The lowest BCUT2D eigenvalue weighted by Crippen LogP contribution is -2.42. The molecule has 0 bridgehead atoms. The molecule has 0 aliphatic carbocycles. The van der Waals surface area contributed by atoms with Crippen LogP contribution in [-0.4, -0.2) is 52.5 Å². The minimum Gasteiger partial charge on any atom is -0.478 e. The van der Waals surface area contributed by atoms with E-state index in [1.54, 1.807) is 6.07 Å². The van der Waals surface area contributed by atoms with Gasteiger partial charge in [0.2, 0.25) is 5.88 Å². The summed E-state index contributed by atoms with van der Waals surface area (Å²) in [6.07, 6.45) is 5.75. The molecule has 1 aromatic heterocycles. The minimum atomic E-state index is -0.452. The van der Waals surface area contributed by atoms with Crippen molar-refractivity contribution in [2.45, 2.75) is 57.2 Å². The van der Waals surface area contributed by atoms with E-state index in [9.17, 15) is 4.79 Å². The molecule has 1 atom stereocenters. The molecule has 0 saturated carbocycles. The highest BCUT2D eigenvalue weighted by Crippen LogP contribution is 2.23. The lowest BCUT2D eigenvalue weighted by molar-refractivity contribution is 0.0159. The summed E-state index contributed by atoms with van der Waals surface area (Å²) in [5.74, 6) is 0.990. The van der Waals surface area contributed by atoms with E-state index in [0.29, 0.717) is 28.7 Å². The summed E-state index contributed by atoms with van der Waals surface area (Å²) in [6.45, 7) is 7.79. The Morgan fingerprint density at radius 3 is 2.88 bits per heavy atom. The second-order valence-electron chi connectivity index (χ2n) is 7.44. The van der Waals surface area contributed by atoms with Gasteiger partial charge in [0.25, 0.3) is 0 Å². The van der Waals surface area contributed by atoms with Crippen LogP contribution in [-0.2, 0) is 4.74 Å². The van der Waals surface area contributed by atoms with Gasteiger partial charge in [-0.25, -0.2) is 9.78 Å². The van der Waals surface area contributed by atoms with Gasteiger partial charge in [-0.05, 0) is 58.6 Å². The van der Waals surface area contributed by atoms with Gasteiger partial charge in [0.1, 0.15) is 10.8 Å². The maximum atomic E-state index is 12.2. The summed E-state index contributed by atoms with van der Waals surface area (Å²) in [4.78, 5) is 22.4. The molecule has 26 heavy (non-hydrogen) atoms. The van der Waals surface area contributed by atoms with Gasteiger partial charge < -0.3 is 14.4 Å². The van der Waals surface area contributed by atoms with E-state index in [-0.39, 0.29) is 6.09 Å². The molecular formula is C18H28ClN3O3S. The van der Waals surface area contributed by atoms with Gasteiger partial charge >= 0.3 is 6.09 Å². The van der Waals surface area contributed by atoms with Crippen LogP contribution in [0.5, 0.6) is 5.88 Å². The number of nitrogens with zero attached hydrogens (tertiary/aromatic N) is 3. The van der Waals surface area contributed by atoms with Gasteiger partial charge in [0, 0.05) is 19.2 Å². The first-order valence-corrected chi connectivity index (χ1v) is 10.6. The molecule has 0 radical (unpaired) electrons. The maximum absolute atomic E-state index is 12.2. The van der Waals surface area contributed by atoms with Crippen molar-refractivity contribution < 1.29 is 14.3 Å². The van der Waals surface area contributed by atoms with Crippen LogP contribution in [0, 0.1) is 5.92 Å². The third-order valence-electron chi connectivity index (χ3n) is 4.01. The number of thioether (sulfide) groups is 1. The molecule has 1 fully saturated rings. The zero-order valence-electron chi connectivity index (χ0n) is 16.0. The number of aromatic nitrogens is 2. The molecule has 1 saturated heterocycles. The van der Waals surface area contributed by atoms with Gasteiger partial charge in [-0.2, -0.15) is 4.98 Å². The molecule has 0 aromatic carbocycles. The third kappa shape index (κ3) is 7.19. The van der Waals surface area contributed by atoms with Crippen molar-refractivity contribution in [3.05, 3.63) is 11.2 Å². The largest absolute Gasteiger partial charge is 0.478 e. The molecule has 1 aromatic rings. The number of amides is 1. The van der Waals surface area contributed by atoms with Crippen LogP contribution in [0.4, 0.5) is 4.79 Å². The predicted molar refractivity (Wildman–Crippen MR) is 104 cm³/mol. The van der Waals surface area contributed by atoms with Crippen LogP contribution in [0.1, 0.15) is 46.5 Å². The molecule has 0 N–H and O–H groups in total. The summed E-state index contributed by atoms with van der Waals surface area (Å²) in [5, 5.41) is 0.993. The Morgan fingerprint density at radius 1 is 1.42 bits per heavy atom. The monoisotopic (exact) mass is 401 g/mol. The van der Waals surface area contributed by atoms with Crippen LogP contribution >= 0.6 is 23.4 Å². The van der Waals surface area contributed by atoms with Crippen LogP contribution in [0.2, 0.25) is 5.15 Å². The average Bonchev–Trinajstić information content (AvgIpc) is 2.57. The number of carbonyl (C=O) groups excluding carboxylic acids is 1. The van der Waals surface area contributed by atoms with E-state index in [4.69, 9.17) is 21.1 Å². The first-order chi connectivity index (χ1) is 12.3. The lowest BCUT2D eigenvalue weighted by atomic mass is 9.94. The fourth-order valence-electron chi connectivity index (χ4n) is 2.88. The topological polar surface area (TPSA) is 64.5 Å². The molecule has 146 valence electrons. The first kappa shape index (κ1) is 21.1. The van der Waals surface area contributed by atoms with Crippen LogP contribution in [0.25, 0.3) is 0 Å². The van der Waals surface area contributed by atoms with Crippen molar-refractivity contribution in [2.24, 2.45) is 5.92 Å². The summed E-state index contributed by atoms with van der Waals surface area (Å²) in [6, 6.07) is 1.63. The zero-order chi connectivity index (χ0) is 19.2. The SMILES string of the molecule is CSc1nc(Cl)cc(OCCCC2CCCN(C(=O)OC(C)(C)C)C2)n1. The first-order valence-electron chi connectivity index (χ1n) is 8.96. The Bertz CT molecular complexity index is 610. The van der Waals surface area contributed by atoms with E-state index >= 15 is 0 Å². The Hall–Kier alpha value is -1.21. The molecule has 8 heteroatoms. The van der Waals surface area contributed by atoms with E-state index in [2.05, 4.69) is 9.97 Å². The fourth-order valence-corrected chi connectivity index (χ4v) is 3.48. The molecule has 2 heterocycles. The normalized spacial score (nSPS) is 17.9. The van der Waals surface area contributed by atoms with Gasteiger partial charge in [0.15, 0.2) is 5.16 Å². The second-order valence-corrected chi connectivity index (χ2v) is 8.60. The van der Waals surface area contributed by atoms with Crippen molar-refractivity contribution in [3.8, 4) is 5.88 Å². The van der Waals surface area contributed by atoms with Gasteiger partial charge in [0.05, 0.1) is 6.61 Å². The Balaban J connectivity index is 1.74. The van der Waals surface area contributed by atoms with Gasteiger partial charge in [-0.1, -0.05) is 23.4 Å². The van der Waals surface area contributed by atoms with Crippen molar-refractivity contribution in [2.75, 3.05) is 26.0 Å². The molecule has 6 nitrogen and oxygen atoms in total. The second kappa shape index (κ2) is 9.65. The van der Waals surface area contributed by atoms with Crippen LogP contribution in [0.3, 0.4) is 0 Å². The fraction of sp³-hybridized carbons (Fsp3) is 0.722. The Kier molecular flexibility index (Phi) is 7.83. The highest BCUT2D eigenvalue weighted by molar-refractivity contribution is 7.98. The van der Waals surface area contributed by atoms with Crippen molar-refractivity contribution in [1.29, 1.82) is 0 Å². The number of rotatable bonds is 6.